The molecule has 1 aromatic carbocycles. The Bertz CT molecular complexity index is 457. The van der Waals surface area contributed by atoms with Crippen LogP contribution in [0.25, 0.3) is 0 Å². The van der Waals surface area contributed by atoms with Gasteiger partial charge in [0.25, 0.3) is 0 Å². The van der Waals surface area contributed by atoms with Gasteiger partial charge in [-0.15, -0.1) is 0 Å². The highest BCUT2D eigenvalue weighted by atomic mass is 16.5. The molecule has 2 rings (SSSR count). The number of hydrogen-bond acceptors (Lipinski definition) is 4. The van der Waals surface area contributed by atoms with Gasteiger partial charge in [-0.25, -0.2) is 0 Å². The zero-order valence-electron chi connectivity index (χ0n) is 10.9. The molecule has 0 heterocycles. The largest absolute Gasteiger partial charge is 0.496 e. The fraction of sp³-hybridized carbons (Fsp3) is 0.500. The highest BCUT2D eigenvalue weighted by Gasteiger charge is 2.24. The highest BCUT2D eigenvalue weighted by molar-refractivity contribution is 5.74. The van der Waals surface area contributed by atoms with Gasteiger partial charge in [0.15, 0.2) is 0 Å². The van der Waals surface area contributed by atoms with Crippen molar-refractivity contribution < 1.29 is 14.3 Å². The highest BCUT2D eigenvalue weighted by Crippen LogP contribution is 2.32. The van der Waals surface area contributed by atoms with Crippen LogP contribution >= 0.6 is 0 Å². The zero-order chi connectivity index (χ0) is 13.1. The van der Waals surface area contributed by atoms with Crippen molar-refractivity contribution in [2.45, 2.75) is 32.2 Å². The standard InChI is InChI=1S/C14H19NO3/c1-3-18-14(16)8-12-11-7-10(15)6-9(11)4-5-13(12)17-2/h4-5,10H,3,6-8,15H2,1-2H3. The predicted molar refractivity (Wildman–Crippen MR) is 68.7 cm³/mol. The SMILES string of the molecule is CCOC(=O)Cc1c(OC)ccc2c1CC(N)C2. The smallest absolute Gasteiger partial charge is 0.310 e. The number of ether oxygens (including phenoxy) is 2. The number of carbonyl (C=O) groups excluding carboxylic acids is 1. The first kappa shape index (κ1) is 12.9. The topological polar surface area (TPSA) is 61.5 Å². The number of methoxy groups -OCH3 is 1. The maximum atomic E-state index is 11.7. The molecule has 18 heavy (non-hydrogen) atoms. The second kappa shape index (κ2) is 5.40. The second-order valence-electron chi connectivity index (χ2n) is 4.53. The first-order valence-corrected chi connectivity index (χ1v) is 6.24. The van der Waals surface area contributed by atoms with E-state index in [0.29, 0.717) is 6.61 Å². The minimum atomic E-state index is -0.218. The maximum absolute atomic E-state index is 11.7. The molecule has 1 atom stereocenters. The van der Waals surface area contributed by atoms with Crippen LogP contribution in [0.1, 0.15) is 23.6 Å². The van der Waals surface area contributed by atoms with Crippen LogP contribution in [-0.2, 0) is 28.8 Å². The van der Waals surface area contributed by atoms with Gasteiger partial charge in [0.1, 0.15) is 5.75 Å². The summed E-state index contributed by atoms with van der Waals surface area (Å²) in [6, 6.07) is 4.09. The summed E-state index contributed by atoms with van der Waals surface area (Å²) in [5, 5.41) is 0. The lowest BCUT2D eigenvalue weighted by molar-refractivity contribution is -0.142. The van der Waals surface area contributed by atoms with E-state index in [4.69, 9.17) is 15.2 Å². The van der Waals surface area contributed by atoms with Gasteiger partial charge in [-0.05, 0) is 37.0 Å². The van der Waals surface area contributed by atoms with E-state index in [1.807, 2.05) is 12.1 Å². The minimum Gasteiger partial charge on any atom is -0.496 e. The summed E-state index contributed by atoms with van der Waals surface area (Å²) < 4.78 is 10.3. The van der Waals surface area contributed by atoms with Gasteiger partial charge in [0.2, 0.25) is 0 Å². The molecule has 1 aliphatic rings. The number of benzene rings is 1. The normalized spacial score (nSPS) is 17.4. The number of fused-ring (bicyclic) bond motifs is 1. The molecule has 1 unspecified atom stereocenters. The van der Waals surface area contributed by atoms with E-state index < -0.39 is 0 Å². The zero-order valence-corrected chi connectivity index (χ0v) is 10.9. The van der Waals surface area contributed by atoms with Crippen molar-refractivity contribution in [2.24, 2.45) is 5.73 Å². The molecule has 0 saturated carbocycles. The average Bonchev–Trinajstić information content (AvgIpc) is 2.71. The Hall–Kier alpha value is -1.55. The third-order valence-corrected chi connectivity index (χ3v) is 3.28. The second-order valence-corrected chi connectivity index (χ2v) is 4.53. The summed E-state index contributed by atoms with van der Waals surface area (Å²) in [7, 11) is 1.62. The Morgan fingerprint density at radius 2 is 2.22 bits per heavy atom. The van der Waals surface area contributed by atoms with Crippen molar-refractivity contribution in [2.75, 3.05) is 13.7 Å². The van der Waals surface area contributed by atoms with E-state index in [1.165, 1.54) is 5.56 Å². The predicted octanol–water partition coefficient (Wildman–Crippen LogP) is 1.23. The lowest BCUT2D eigenvalue weighted by Crippen LogP contribution is -2.19. The fourth-order valence-electron chi connectivity index (χ4n) is 2.52. The number of carbonyl (C=O) groups is 1. The molecule has 0 aliphatic heterocycles. The molecule has 0 bridgehead atoms. The summed E-state index contributed by atoms with van der Waals surface area (Å²) in [6.45, 7) is 2.20. The van der Waals surface area contributed by atoms with Gasteiger partial charge in [0.05, 0.1) is 20.1 Å². The summed E-state index contributed by atoms with van der Waals surface area (Å²) in [5.74, 6) is 0.528. The Morgan fingerprint density at radius 3 is 2.89 bits per heavy atom. The number of hydrogen-bond donors (Lipinski definition) is 1. The van der Waals surface area contributed by atoms with Crippen LogP contribution in [0.3, 0.4) is 0 Å². The maximum Gasteiger partial charge on any atom is 0.310 e. The van der Waals surface area contributed by atoms with Crippen molar-refractivity contribution in [3.05, 3.63) is 28.8 Å². The van der Waals surface area contributed by atoms with Crippen molar-refractivity contribution in [1.82, 2.24) is 0 Å². The third kappa shape index (κ3) is 2.48. The van der Waals surface area contributed by atoms with E-state index in [0.717, 1.165) is 29.7 Å². The van der Waals surface area contributed by atoms with Crippen molar-refractivity contribution in [3.8, 4) is 5.75 Å². The van der Waals surface area contributed by atoms with E-state index >= 15 is 0 Å². The monoisotopic (exact) mass is 249 g/mol. The van der Waals surface area contributed by atoms with E-state index in [-0.39, 0.29) is 18.4 Å². The molecular formula is C14H19NO3. The summed E-state index contributed by atoms with van der Waals surface area (Å²) >= 11 is 0. The lowest BCUT2D eigenvalue weighted by atomic mass is 9.99. The number of nitrogens with two attached hydrogens (primary N) is 1. The van der Waals surface area contributed by atoms with E-state index in [2.05, 4.69) is 0 Å². The minimum absolute atomic E-state index is 0.146. The molecule has 0 amide bonds. The summed E-state index contributed by atoms with van der Waals surface area (Å²) in [5.41, 5.74) is 9.30. The van der Waals surface area contributed by atoms with E-state index in [9.17, 15) is 4.79 Å². The molecule has 1 aliphatic carbocycles. The first-order valence-electron chi connectivity index (χ1n) is 6.24. The van der Waals surface area contributed by atoms with E-state index in [1.54, 1.807) is 14.0 Å². The van der Waals surface area contributed by atoms with Crippen molar-refractivity contribution in [1.29, 1.82) is 0 Å². The molecule has 0 saturated heterocycles. The Kier molecular flexibility index (Phi) is 3.87. The molecule has 2 N–H and O–H groups in total. The molecule has 0 radical (unpaired) electrons. The quantitative estimate of drug-likeness (QED) is 0.815. The molecule has 4 heteroatoms. The Balaban J connectivity index is 2.32. The van der Waals surface area contributed by atoms with Crippen LogP contribution < -0.4 is 10.5 Å². The number of rotatable bonds is 4. The van der Waals surface area contributed by atoms with Crippen molar-refractivity contribution >= 4 is 5.97 Å². The number of esters is 1. The molecule has 0 aromatic heterocycles. The van der Waals surface area contributed by atoms with Crippen LogP contribution in [0.15, 0.2) is 12.1 Å². The third-order valence-electron chi connectivity index (χ3n) is 3.28. The van der Waals surface area contributed by atoms with Gasteiger partial charge in [-0.1, -0.05) is 6.07 Å². The van der Waals surface area contributed by atoms with Crippen LogP contribution in [-0.4, -0.2) is 25.7 Å². The molecule has 98 valence electrons. The Morgan fingerprint density at radius 1 is 1.44 bits per heavy atom. The summed E-state index contributed by atoms with van der Waals surface area (Å²) in [6.07, 6.45) is 1.93. The van der Waals surface area contributed by atoms with Crippen LogP contribution in [0.5, 0.6) is 5.75 Å². The van der Waals surface area contributed by atoms with Gasteiger partial charge >= 0.3 is 5.97 Å². The van der Waals surface area contributed by atoms with Crippen molar-refractivity contribution in [3.63, 3.8) is 0 Å². The van der Waals surface area contributed by atoms with Gasteiger partial charge < -0.3 is 15.2 Å². The van der Waals surface area contributed by atoms with Crippen LogP contribution in [0.2, 0.25) is 0 Å². The van der Waals surface area contributed by atoms with Gasteiger partial charge in [0, 0.05) is 11.6 Å². The molecule has 0 spiro atoms. The molecule has 4 nitrogen and oxygen atoms in total. The Labute approximate surface area is 107 Å². The van der Waals surface area contributed by atoms with Gasteiger partial charge in [-0.2, -0.15) is 0 Å². The summed E-state index contributed by atoms with van der Waals surface area (Å²) in [4.78, 5) is 11.7. The molecule has 1 aromatic rings. The van der Waals surface area contributed by atoms with Gasteiger partial charge in [-0.3, -0.25) is 4.79 Å². The molecule has 0 fully saturated rings. The fourth-order valence-corrected chi connectivity index (χ4v) is 2.52. The van der Waals surface area contributed by atoms with Crippen LogP contribution in [0, 0.1) is 0 Å². The lowest BCUT2D eigenvalue weighted by Gasteiger charge is -2.13. The molecular weight excluding hydrogens is 230 g/mol. The first-order chi connectivity index (χ1) is 8.65. The van der Waals surface area contributed by atoms with Crippen LogP contribution in [0.4, 0.5) is 0 Å². The average molecular weight is 249 g/mol.